The smallest absolute Gasteiger partial charge is 0.319 e. The van der Waals surface area contributed by atoms with Crippen LogP contribution in [-0.2, 0) is 6.54 Å². The fourth-order valence-corrected chi connectivity index (χ4v) is 1.80. The van der Waals surface area contributed by atoms with E-state index in [1.807, 2.05) is 4.90 Å². The van der Waals surface area contributed by atoms with Crippen LogP contribution in [0.5, 0.6) is 0 Å². The van der Waals surface area contributed by atoms with Gasteiger partial charge in [-0.1, -0.05) is 0 Å². The monoisotopic (exact) mass is 217 g/mol. The minimum atomic E-state index is -2.55. The van der Waals surface area contributed by atoms with Crippen molar-refractivity contribution >= 4 is 0 Å². The van der Waals surface area contributed by atoms with Crippen LogP contribution in [0.3, 0.4) is 0 Å². The van der Waals surface area contributed by atoms with Crippen LogP contribution in [0.1, 0.15) is 18.8 Å². The van der Waals surface area contributed by atoms with Crippen LogP contribution in [0, 0.1) is 0 Å². The van der Waals surface area contributed by atoms with Crippen LogP contribution in [-0.4, -0.2) is 38.8 Å². The van der Waals surface area contributed by atoms with E-state index in [1.165, 1.54) is 12.4 Å². The molecule has 1 fully saturated rings. The van der Waals surface area contributed by atoms with Crippen LogP contribution < -0.4 is 0 Å². The first-order chi connectivity index (χ1) is 7.16. The first-order valence-electron chi connectivity index (χ1n) is 4.87. The Hall–Kier alpha value is -1.01. The number of hydrogen-bond donors (Lipinski definition) is 1. The summed E-state index contributed by atoms with van der Waals surface area (Å²) in [6.07, 6.45) is 3.01. The molecule has 0 saturated carbocycles. The number of nitrogens with zero attached hydrogens (tertiary/aromatic N) is 3. The van der Waals surface area contributed by atoms with Crippen LogP contribution in [0.15, 0.2) is 12.4 Å². The zero-order chi connectivity index (χ0) is 10.8. The molecule has 1 aromatic heterocycles. The summed E-state index contributed by atoms with van der Waals surface area (Å²) < 4.78 is 25.8. The van der Waals surface area contributed by atoms with E-state index in [9.17, 15) is 13.9 Å². The maximum atomic E-state index is 12.5. The van der Waals surface area contributed by atoms with Crippen molar-refractivity contribution in [3.8, 4) is 0 Å². The molecule has 0 bridgehead atoms. The highest BCUT2D eigenvalue weighted by Crippen LogP contribution is 2.16. The standard InChI is InChI=1S/C9H13F2N3O/c10-9(11)14-4-2-12-8(14)6-13-3-1-7(15)5-13/h2,4,7,9,15H,1,3,5-6H2/t7-/m0/s1. The fourth-order valence-electron chi connectivity index (χ4n) is 1.80. The average Bonchev–Trinajstić information content (AvgIpc) is 2.75. The van der Waals surface area contributed by atoms with E-state index in [4.69, 9.17) is 0 Å². The van der Waals surface area contributed by atoms with Crippen LogP contribution >= 0.6 is 0 Å². The molecule has 1 N–H and O–H groups in total. The number of β-amino-alcohol motifs (C(OH)–C–C–N with tert-alkyl or cyclic N) is 1. The van der Waals surface area contributed by atoms with Crippen molar-refractivity contribution in [2.24, 2.45) is 0 Å². The van der Waals surface area contributed by atoms with Crippen molar-refractivity contribution in [1.82, 2.24) is 14.5 Å². The van der Waals surface area contributed by atoms with Gasteiger partial charge < -0.3 is 5.11 Å². The van der Waals surface area contributed by atoms with Crippen molar-refractivity contribution in [1.29, 1.82) is 0 Å². The number of alkyl halides is 2. The number of imidazole rings is 1. The number of hydrogen-bond acceptors (Lipinski definition) is 3. The summed E-state index contributed by atoms with van der Waals surface area (Å²) in [6.45, 7) is -0.906. The van der Waals surface area contributed by atoms with Crippen LogP contribution in [0.4, 0.5) is 8.78 Å². The van der Waals surface area contributed by atoms with Crippen LogP contribution in [0.2, 0.25) is 0 Å². The molecule has 1 atom stereocenters. The highest BCUT2D eigenvalue weighted by molar-refractivity contribution is 4.94. The molecule has 6 heteroatoms. The van der Waals surface area contributed by atoms with E-state index in [1.54, 1.807) is 0 Å². The van der Waals surface area contributed by atoms with Gasteiger partial charge in [-0.15, -0.1) is 0 Å². The largest absolute Gasteiger partial charge is 0.392 e. The van der Waals surface area contributed by atoms with Gasteiger partial charge in [0.15, 0.2) is 0 Å². The molecule has 4 nitrogen and oxygen atoms in total. The van der Waals surface area contributed by atoms with Gasteiger partial charge in [0.05, 0.1) is 12.6 Å². The molecule has 2 rings (SSSR count). The first-order valence-corrected chi connectivity index (χ1v) is 4.87. The van der Waals surface area contributed by atoms with E-state index < -0.39 is 6.55 Å². The SMILES string of the molecule is O[C@H]1CCN(Cc2nccn2C(F)F)C1. The summed E-state index contributed by atoms with van der Waals surface area (Å²) in [5.74, 6) is 0.346. The molecule has 0 radical (unpaired) electrons. The number of rotatable bonds is 3. The Kier molecular flexibility index (Phi) is 2.97. The second-order valence-corrected chi connectivity index (χ2v) is 3.71. The highest BCUT2D eigenvalue weighted by Gasteiger charge is 2.22. The minimum Gasteiger partial charge on any atom is -0.392 e. The summed E-state index contributed by atoms with van der Waals surface area (Å²) in [7, 11) is 0. The molecule has 2 heterocycles. The van der Waals surface area contributed by atoms with Gasteiger partial charge >= 0.3 is 6.55 Å². The summed E-state index contributed by atoms with van der Waals surface area (Å²) in [6, 6.07) is 0. The summed E-state index contributed by atoms with van der Waals surface area (Å²) in [5.41, 5.74) is 0. The van der Waals surface area contributed by atoms with E-state index in [0.717, 1.165) is 11.1 Å². The number of aliphatic hydroxyl groups excluding tert-OH is 1. The van der Waals surface area contributed by atoms with Gasteiger partial charge in [-0.3, -0.25) is 9.47 Å². The second kappa shape index (κ2) is 4.24. The molecular weight excluding hydrogens is 204 g/mol. The van der Waals surface area contributed by atoms with E-state index in [0.29, 0.717) is 25.3 Å². The number of halogens is 2. The molecule has 0 spiro atoms. The molecular formula is C9H13F2N3O. The van der Waals surface area contributed by atoms with Gasteiger partial charge in [0.1, 0.15) is 5.82 Å². The third-order valence-electron chi connectivity index (χ3n) is 2.57. The maximum absolute atomic E-state index is 12.5. The third kappa shape index (κ3) is 2.32. The first kappa shape index (κ1) is 10.5. The predicted molar refractivity (Wildman–Crippen MR) is 49.4 cm³/mol. The van der Waals surface area contributed by atoms with Crippen molar-refractivity contribution in [2.75, 3.05) is 13.1 Å². The minimum absolute atomic E-state index is 0.333. The molecule has 84 valence electrons. The van der Waals surface area contributed by atoms with Crippen molar-refractivity contribution in [3.05, 3.63) is 18.2 Å². The Bertz CT molecular complexity index is 329. The third-order valence-corrected chi connectivity index (χ3v) is 2.57. The fraction of sp³-hybridized carbons (Fsp3) is 0.667. The normalized spacial score (nSPS) is 22.8. The molecule has 15 heavy (non-hydrogen) atoms. The molecule has 0 amide bonds. The van der Waals surface area contributed by atoms with Crippen molar-refractivity contribution in [2.45, 2.75) is 25.6 Å². The van der Waals surface area contributed by atoms with E-state index >= 15 is 0 Å². The predicted octanol–water partition coefficient (Wildman–Crippen LogP) is 0.845. The van der Waals surface area contributed by atoms with Crippen molar-refractivity contribution in [3.63, 3.8) is 0 Å². The Morgan fingerprint density at radius 1 is 1.60 bits per heavy atom. The Morgan fingerprint density at radius 3 is 3.00 bits per heavy atom. The molecule has 1 saturated heterocycles. The zero-order valence-electron chi connectivity index (χ0n) is 8.18. The van der Waals surface area contributed by atoms with E-state index in [2.05, 4.69) is 4.98 Å². The number of aromatic nitrogens is 2. The summed E-state index contributed by atoms with van der Waals surface area (Å²) in [5, 5.41) is 9.29. The van der Waals surface area contributed by atoms with Gasteiger partial charge in [0.2, 0.25) is 0 Å². The molecule has 1 aromatic rings. The Balaban J connectivity index is 2.01. The molecule has 1 aliphatic rings. The lowest BCUT2D eigenvalue weighted by molar-refractivity contribution is 0.0641. The van der Waals surface area contributed by atoms with Gasteiger partial charge in [-0.2, -0.15) is 8.78 Å². The lowest BCUT2D eigenvalue weighted by Crippen LogP contribution is -2.23. The van der Waals surface area contributed by atoms with Crippen LogP contribution in [0.25, 0.3) is 0 Å². The lowest BCUT2D eigenvalue weighted by atomic mass is 10.3. The van der Waals surface area contributed by atoms with Gasteiger partial charge in [-0.25, -0.2) is 4.98 Å². The summed E-state index contributed by atoms with van der Waals surface area (Å²) in [4.78, 5) is 5.81. The molecule has 1 aliphatic heterocycles. The zero-order valence-corrected chi connectivity index (χ0v) is 8.18. The average molecular weight is 217 g/mol. The van der Waals surface area contributed by atoms with Gasteiger partial charge in [0, 0.05) is 25.5 Å². The topological polar surface area (TPSA) is 41.3 Å². The van der Waals surface area contributed by atoms with Gasteiger partial charge in [0.25, 0.3) is 0 Å². The van der Waals surface area contributed by atoms with E-state index in [-0.39, 0.29) is 6.10 Å². The Morgan fingerprint density at radius 2 is 2.40 bits per heavy atom. The molecule has 0 unspecified atom stereocenters. The molecule has 0 aromatic carbocycles. The number of likely N-dealkylation sites (tertiary alicyclic amines) is 1. The quantitative estimate of drug-likeness (QED) is 0.815. The van der Waals surface area contributed by atoms with Gasteiger partial charge in [-0.05, 0) is 6.42 Å². The van der Waals surface area contributed by atoms with Crippen molar-refractivity contribution < 1.29 is 13.9 Å². The second-order valence-electron chi connectivity index (χ2n) is 3.71. The lowest BCUT2D eigenvalue weighted by Gasteiger charge is -2.15. The molecule has 0 aliphatic carbocycles. The Labute approximate surface area is 86.1 Å². The highest BCUT2D eigenvalue weighted by atomic mass is 19.3. The number of aliphatic hydroxyl groups is 1. The summed E-state index contributed by atoms with van der Waals surface area (Å²) >= 11 is 0. The maximum Gasteiger partial charge on any atom is 0.319 e.